The number of hydrogen-bond acceptors (Lipinski definition) is 4. The molecular weight excluding hydrogens is 371 g/mol. The van der Waals surface area contributed by atoms with Crippen LogP contribution in [-0.4, -0.2) is 27.5 Å². The summed E-state index contributed by atoms with van der Waals surface area (Å²) in [5.41, 5.74) is -2.05. The standard InChI is InChI=1S/C14H17ClF3NO4S/c1-13(2,3)11(12(20)23-4)19-24(21,22)10-7-8(14(16,17)18)5-6-9(10)15/h5-7,11,19H,1-4H3. The van der Waals surface area contributed by atoms with Gasteiger partial charge in [0.05, 0.1) is 17.7 Å². The van der Waals surface area contributed by atoms with Crippen molar-refractivity contribution >= 4 is 27.6 Å². The normalized spacial score (nSPS) is 14.3. The summed E-state index contributed by atoms with van der Waals surface area (Å²) in [6.45, 7) is 4.72. The van der Waals surface area contributed by atoms with Gasteiger partial charge in [0.2, 0.25) is 10.0 Å². The van der Waals surface area contributed by atoms with Crippen LogP contribution in [-0.2, 0) is 25.7 Å². The average molecular weight is 388 g/mol. The highest BCUT2D eigenvalue weighted by atomic mass is 35.5. The second-order valence-corrected chi connectivity index (χ2v) is 8.18. The minimum absolute atomic E-state index is 0.395. The third-order valence-corrected chi connectivity index (χ3v) is 5.03. The molecule has 0 aliphatic heterocycles. The van der Waals surface area contributed by atoms with Crippen LogP contribution in [0.15, 0.2) is 23.1 Å². The van der Waals surface area contributed by atoms with Crippen LogP contribution in [0.2, 0.25) is 5.02 Å². The Kier molecular flexibility index (Phi) is 5.95. The van der Waals surface area contributed by atoms with Gasteiger partial charge in [-0.25, -0.2) is 8.42 Å². The Morgan fingerprint density at radius 3 is 2.21 bits per heavy atom. The largest absolute Gasteiger partial charge is 0.468 e. The zero-order valence-electron chi connectivity index (χ0n) is 13.4. The van der Waals surface area contributed by atoms with E-state index in [0.29, 0.717) is 12.1 Å². The number of methoxy groups -OCH3 is 1. The maximum absolute atomic E-state index is 12.8. The van der Waals surface area contributed by atoms with Gasteiger partial charge in [-0.3, -0.25) is 4.79 Å². The first-order valence-corrected chi connectivity index (χ1v) is 8.53. The van der Waals surface area contributed by atoms with Gasteiger partial charge in [-0.1, -0.05) is 32.4 Å². The van der Waals surface area contributed by atoms with Crippen LogP contribution in [0.1, 0.15) is 26.3 Å². The van der Waals surface area contributed by atoms with E-state index in [1.807, 2.05) is 0 Å². The van der Waals surface area contributed by atoms with Gasteiger partial charge in [0.25, 0.3) is 0 Å². The Morgan fingerprint density at radius 2 is 1.79 bits per heavy atom. The second-order valence-electron chi connectivity index (χ2n) is 6.09. The first-order chi connectivity index (χ1) is 10.7. The van der Waals surface area contributed by atoms with Gasteiger partial charge in [-0.15, -0.1) is 0 Å². The molecule has 1 atom stereocenters. The van der Waals surface area contributed by atoms with Gasteiger partial charge in [-0.05, 0) is 23.6 Å². The first-order valence-electron chi connectivity index (χ1n) is 6.67. The van der Waals surface area contributed by atoms with Crippen LogP contribution in [0.5, 0.6) is 0 Å². The minimum atomic E-state index is -4.74. The Balaban J connectivity index is 3.37. The van der Waals surface area contributed by atoms with Gasteiger partial charge < -0.3 is 4.74 Å². The molecule has 0 saturated heterocycles. The summed E-state index contributed by atoms with van der Waals surface area (Å²) in [7, 11) is -3.42. The molecule has 1 aromatic rings. The van der Waals surface area contributed by atoms with Crippen molar-refractivity contribution in [3.8, 4) is 0 Å². The summed E-state index contributed by atoms with van der Waals surface area (Å²) >= 11 is 5.74. The van der Waals surface area contributed by atoms with Crippen molar-refractivity contribution in [3.63, 3.8) is 0 Å². The summed E-state index contributed by atoms with van der Waals surface area (Å²) in [4.78, 5) is 11.1. The van der Waals surface area contributed by atoms with E-state index >= 15 is 0 Å². The summed E-state index contributed by atoms with van der Waals surface area (Å²) in [6.07, 6.45) is -4.74. The third kappa shape index (κ3) is 4.84. The summed E-state index contributed by atoms with van der Waals surface area (Å²) in [6, 6.07) is 0.617. The molecule has 136 valence electrons. The number of nitrogens with one attached hydrogen (secondary N) is 1. The smallest absolute Gasteiger partial charge is 0.416 e. The molecule has 1 aromatic carbocycles. The number of sulfonamides is 1. The lowest BCUT2D eigenvalue weighted by Gasteiger charge is -2.29. The molecule has 0 radical (unpaired) electrons. The predicted molar refractivity (Wildman–Crippen MR) is 82.0 cm³/mol. The fraction of sp³-hybridized carbons (Fsp3) is 0.500. The van der Waals surface area contributed by atoms with E-state index < -0.39 is 49.1 Å². The van der Waals surface area contributed by atoms with Crippen LogP contribution in [0.4, 0.5) is 13.2 Å². The molecule has 5 nitrogen and oxygen atoms in total. The number of alkyl halides is 3. The Labute approximate surface area is 143 Å². The van der Waals surface area contributed by atoms with Crippen LogP contribution < -0.4 is 4.72 Å². The van der Waals surface area contributed by atoms with Crippen molar-refractivity contribution in [1.82, 2.24) is 4.72 Å². The maximum atomic E-state index is 12.8. The van der Waals surface area contributed by atoms with Crippen LogP contribution >= 0.6 is 11.6 Å². The quantitative estimate of drug-likeness (QED) is 0.805. The number of carbonyl (C=O) groups is 1. The van der Waals surface area contributed by atoms with Crippen LogP contribution in [0, 0.1) is 5.41 Å². The summed E-state index contributed by atoms with van der Waals surface area (Å²) < 4.78 is 69.9. The Morgan fingerprint density at radius 1 is 1.25 bits per heavy atom. The number of carbonyl (C=O) groups excluding carboxylic acids is 1. The van der Waals surface area contributed by atoms with Gasteiger partial charge in [0.1, 0.15) is 10.9 Å². The molecule has 24 heavy (non-hydrogen) atoms. The molecule has 0 bridgehead atoms. The SMILES string of the molecule is COC(=O)C(NS(=O)(=O)c1cc(C(F)(F)F)ccc1Cl)C(C)(C)C. The van der Waals surface area contributed by atoms with E-state index in [9.17, 15) is 26.4 Å². The van der Waals surface area contributed by atoms with Crippen molar-refractivity contribution in [2.75, 3.05) is 7.11 Å². The zero-order chi connectivity index (χ0) is 18.9. The van der Waals surface area contributed by atoms with Crippen molar-refractivity contribution in [3.05, 3.63) is 28.8 Å². The summed E-state index contributed by atoms with van der Waals surface area (Å²) in [5, 5.41) is -0.395. The zero-order valence-corrected chi connectivity index (χ0v) is 14.9. The number of ether oxygens (including phenoxy) is 1. The molecule has 0 heterocycles. The fourth-order valence-corrected chi connectivity index (χ4v) is 3.72. The maximum Gasteiger partial charge on any atom is 0.416 e. The lowest BCUT2D eigenvalue weighted by Crippen LogP contribution is -2.49. The molecular formula is C14H17ClF3NO4S. The lowest BCUT2D eigenvalue weighted by atomic mass is 9.87. The molecule has 0 aromatic heterocycles. The van der Waals surface area contributed by atoms with Crippen molar-refractivity contribution in [2.45, 2.75) is 37.9 Å². The van der Waals surface area contributed by atoms with Gasteiger partial charge in [0, 0.05) is 0 Å². The van der Waals surface area contributed by atoms with E-state index in [0.717, 1.165) is 13.2 Å². The molecule has 1 unspecified atom stereocenters. The molecule has 1 rings (SSSR count). The molecule has 10 heteroatoms. The highest BCUT2D eigenvalue weighted by molar-refractivity contribution is 7.89. The van der Waals surface area contributed by atoms with Gasteiger partial charge >= 0.3 is 12.1 Å². The minimum Gasteiger partial charge on any atom is -0.468 e. The number of halogens is 4. The molecule has 0 spiro atoms. The monoisotopic (exact) mass is 387 g/mol. The molecule has 0 fully saturated rings. The highest BCUT2D eigenvalue weighted by Gasteiger charge is 2.38. The van der Waals surface area contributed by atoms with E-state index in [4.69, 9.17) is 11.6 Å². The number of rotatable bonds is 4. The molecule has 1 N–H and O–H groups in total. The number of hydrogen-bond donors (Lipinski definition) is 1. The Bertz CT molecular complexity index is 727. The fourth-order valence-electron chi connectivity index (χ4n) is 1.80. The molecule has 0 aliphatic carbocycles. The summed E-state index contributed by atoms with van der Waals surface area (Å²) in [5.74, 6) is -0.867. The Hall–Kier alpha value is -1.32. The van der Waals surface area contributed by atoms with Crippen molar-refractivity contribution in [2.24, 2.45) is 5.41 Å². The van der Waals surface area contributed by atoms with E-state index in [2.05, 4.69) is 9.46 Å². The first kappa shape index (κ1) is 20.7. The van der Waals surface area contributed by atoms with Crippen molar-refractivity contribution < 1.29 is 31.1 Å². The topological polar surface area (TPSA) is 72.5 Å². The van der Waals surface area contributed by atoms with E-state index in [1.54, 1.807) is 20.8 Å². The molecule has 0 amide bonds. The highest BCUT2D eigenvalue weighted by Crippen LogP contribution is 2.34. The van der Waals surface area contributed by atoms with Crippen molar-refractivity contribution in [1.29, 1.82) is 0 Å². The van der Waals surface area contributed by atoms with Gasteiger partial charge in [-0.2, -0.15) is 17.9 Å². The number of benzene rings is 1. The average Bonchev–Trinajstić information content (AvgIpc) is 2.41. The molecule has 0 saturated carbocycles. The van der Waals surface area contributed by atoms with Crippen LogP contribution in [0.25, 0.3) is 0 Å². The number of esters is 1. The van der Waals surface area contributed by atoms with Crippen LogP contribution in [0.3, 0.4) is 0 Å². The third-order valence-electron chi connectivity index (χ3n) is 3.12. The van der Waals surface area contributed by atoms with Gasteiger partial charge in [0.15, 0.2) is 0 Å². The lowest BCUT2D eigenvalue weighted by molar-refractivity contribution is -0.145. The van der Waals surface area contributed by atoms with E-state index in [-0.39, 0.29) is 0 Å². The van der Waals surface area contributed by atoms with E-state index in [1.165, 1.54) is 0 Å². The molecule has 0 aliphatic rings. The second kappa shape index (κ2) is 6.89. The predicted octanol–water partition coefficient (Wildman–Crippen LogP) is 3.22.